The van der Waals surface area contributed by atoms with Crippen molar-refractivity contribution in [2.75, 3.05) is 0 Å². The van der Waals surface area contributed by atoms with Crippen LogP contribution in [0.2, 0.25) is 0 Å². The van der Waals surface area contributed by atoms with E-state index in [1.807, 2.05) is 97.1 Å². The van der Waals surface area contributed by atoms with Gasteiger partial charge in [-0.3, -0.25) is 4.79 Å². The van der Waals surface area contributed by atoms with E-state index < -0.39 is 0 Å². The molecule has 3 nitrogen and oxygen atoms in total. The average Bonchev–Trinajstić information content (AvgIpc) is 2.75. The Kier molecular flexibility index (Phi) is 7.10. The number of hydrogen-bond donors (Lipinski definition) is 1. The van der Waals surface area contributed by atoms with Gasteiger partial charge in [0.1, 0.15) is 0 Å². The smallest absolute Gasteiger partial charge is 0.267 e. The van der Waals surface area contributed by atoms with Crippen molar-refractivity contribution < 1.29 is 4.79 Å². The number of amides is 1. The fourth-order valence-corrected chi connectivity index (χ4v) is 2.67. The molecule has 3 rings (SSSR count). The predicted molar refractivity (Wildman–Crippen MR) is 120 cm³/mol. The first-order chi connectivity index (χ1) is 13.7. The fraction of sp³-hybridized carbons (Fsp3) is 0. The normalized spacial score (nSPS) is 10.9. The molecule has 1 amide bonds. The van der Waals surface area contributed by atoms with Crippen LogP contribution in [0.5, 0.6) is 0 Å². The van der Waals surface area contributed by atoms with Crippen molar-refractivity contribution in [2.45, 2.75) is 0 Å². The van der Waals surface area contributed by atoms with Crippen molar-refractivity contribution in [3.63, 3.8) is 0 Å². The van der Waals surface area contributed by atoms with E-state index in [0.29, 0.717) is 11.3 Å². The van der Waals surface area contributed by atoms with Gasteiger partial charge in [0.15, 0.2) is 0 Å². The average molecular weight is 431 g/mol. The second kappa shape index (κ2) is 10.2. The van der Waals surface area contributed by atoms with Gasteiger partial charge in [0.2, 0.25) is 0 Å². The third-order valence-electron chi connectivity index (χ3n) is 3.89. The van der Waals surface area contributed by atoms with E-state index in [-0.39, 0.29) is 5.91 Å². The van der Waals surface area contributed by atoms with Crippen LogP contribution < -0.4 is 5.43 Å². The summed E-state index contributed by atoms with van der Waals surface area (Å²) >= 11 is 3.36. The van der Waals surface area contributed by atoms with Gasteiger partial charge in [-0.25, -0.2) is 5.43 Å². The van der Waals surface area contributed by atoms with E-state index in [4.69, 9.17) is 0 Å². The van der Waals surface area contributed by atoms with Gasteiger partial charge >= 0.3 is 0 Å². The second-order valence-corrected chi connectivity index (χ2v) is 6.89. The fourth-order valence-electron chi connectivity index (χ4n) is 2.40. The number of hydrogen-bond acceptors (Lipinski definition) is 2. The van der Waals surface area contributed by atoms with E-state index in [2.05, 4.69) is 26.5 Å². The molecule has 0 unspecified atom stereocenters. The molecule has 0 bridgehead atoms. The van der Waals surface area contributed by atoms with Gasteiger partial charge in [-0.05, 0) is 47.5 Å². The second-order valence-electron chi connectivity index (χ2n) is 5.97. The van der Waals surface area contributed by atoms with Gasteiger partial charge in [0.05, 0.1) is 5.71 Å². The van der Waals surface area contributed by atoms with Crippen LogP contribution >= 0.6 is 15.9 Å². The Morgan fingerprint density at radius 2 is 1.25 bits per heavy atom. The van der Waals surface area contributed by atoms with E-state index in [9.17, 15) is 4.79 Å². The van der Waals surface area contributed by atoms with Gasteiger partial charge in [-0.1, -0.05) is 88.7 Å². The Labute approximate surface area is 173 Å². The summed E-state index contributed by atoms with van der Waals surface area (Å²) in [6, 6.07) is 27.0. The molecule has 138 valence electrons. The van der Waals surface area contributed by atoms with Crippen LogP contribution in [0, 0.1) is 0 Å². The Bertz CT molecular complexity index is 940. The highest BCUT2D eigenvalue weighted by molar-refractivity contribution is 9.10. The highest BCUT2D eigenvalue weighted by Gasteiger charge is 2.03. The topological polar surface area (TPSA) is 41.5 Å². The third kappa shape index (κ3) is 6.18. The molecule has 0 saturated carbocycles. The zero-order valence-electron chi connectivity index (χ0n) is 15.1. The molecule has 0 aliphatic heterocycles. The molecule has 0 aliphatic carbocycles. The molecule has 0 fully saturated rings. The first-order valence-electron chi connectivity index (χ1n) is 8.80. The van der Waals surface area contributed by atoms with Crippen molar-refractivity contribution in [1.29, 1.82) is 0 Å². The van der Waals surface area contributed by atoms with Crippen LogP contribution in [-0.4, -0.2) is 11.6 Å². The minimum atomic E-state index is -0.258. The van der Waals surface area contributed by atoms with Gasteiger partial charge in [0.25, 0.3) is 5.91 Å². The monoisotopic (exact) mass is 430 g/mol. The van der Waals surface area contributed by atoms with E-state index in [0.717, 1.165) is 15.6 Å². The van der Waals surface area contributed by atoms with Crippen molar-refractivity contribution in [2.24, 2.45) is 5.10 Å². The molecule has 0 radical (unpaired) electrons. The summed E-state index contributed by atoms with van der Waals surface area (Å²) in [5.74, 6) is -0.258. The molecular formula is C24H19BrN2O. The van der Waals surface area contributed by atoms with Gasteiger partial charge in [-0.2, -0.15) is 5.10 Å². The summed E-state index contributed by atoms with van der Waals surface area (Å²) in [7, 11) is 0. The van der Waals surface area contributed by atoms with E-state index in [1.165, 1.54) is 0 Å². The third-order valence-corrected chi connectivity index (χ3v) is 4.41. The molecule has 0 aliphatic rings. The zero-order chi connectivity index (χ0) is 19.6. The van der Waals surface area contributed by atoms with Crippen molar-refractivity contribution in [3.8, 4) is 0 Å². The number of hydrazone groups is 1. The van der Waals surface area contributed by atoms with Crippen LogP contribution in [-0.2, 0) is 0 Å². The van der Waals surface area contributed by atoms with Crippen LogP contribution in [0.3, 0.4) is 0 Å². The molecule has 1 N–H and O–H groups in total. The number of allylic oxidation sites excluding steroid dienone is 2. The Balaban J connectivity index is 1.79. The summed E-state index contributed by atoms with van der Waals surface area (Å²) in [5, 5.41) is 4.28. The van der Waals surface area contributed by atoms with Crippen LogP contribution in [0.1, 0.15) is 21.5 Å². The molecule has 0 aromatic heterocycles. The quantitative estimate of drug-likeness (QED) is 0.380. The molecular weight excluding hydrogens is 412 g/mol. The van der Waals surface area contributed by atoms with E-state index >= 15 is 0 Å². The molecule has 3 aromatic rings. The summed E-state index contributed by atoms with van der Waals surface area (Å²) in [6.45, 7) is 0. The van der Waals surface area contributed by atoms with E-state index in [1.54, 1.807) is 12.1 Å². The maximum Gasteiger partial charge on any atom is 0.271 e. The molecule has 0 heterocycles. The molecule has 0 saturated heterocycles. The largest absolute Gasteiger partial charge is 0.271 e. The number of rotatable bonds is 6. The summed E-state index contributed by atoms with van der Waals surface area (Å²) in [5.41, 5.74) is 5.92. The molecule has 4 heteroatoms. The summed E-state index contributed by atoms with van der Waals surface area (Å²) < 4.78 is 0.921. The molecule has 3 aromatic carbocycles. The van der Waals surface area contributed by atoms with Crippen molar-refractivity contribution in [1.82, 2.24) is 5.43 Å². The maximum absolute atomic E-state index is 12.3. The minimum Gasteiger partial charge on any atom is -0.267 e. The van der Waals surface area contributed by atoms with Crippen LogP contribution in [0.15, 0.2) is 107 Å². The van der Waals surface area contributed by atoms with Crippen LogP contribution in [0.25, 0.3) is 12.2 Å². The number of carbonyl (C=O) groups excluding carboxylic acids is 1. The standard InChI is InChI=1S/C24H19BrN2O/c25-22-15-13-21(14-16-22)24(28)27-26-23(17-11-19-7-3-1-4-8-19)18-12-20-9-5-2-6-10-20/h1-18H,(H,27,28)/b17-11+,18-12+. The lowest BCUT2D eigenvalue weighted by atomic mass is 10.1. The van der Waals surface area contributed by atoms with Crippen molar-refractivity contribution in [3.05, 3.63) is 118 Å². The Morgan fingerprint density at radius 1 is 0.750 bits per heavy atom. The lowest BCUT2D eigenvalue weighted by Crippen LogP contribution is -2.18. The first kappa shape index (κ1) is 19.5. The maximum atomic E-state index is 12.3. The minimum absolute atomic E-state index is 0.258. The van der Waals surface area contributed by atoms with Gasteiger partial charge in [-0.15, -0.1) is 0 Å². The van der Waals surface area contributed by atoms with Crippen LogP contribution in [0.4, 0.5) is 0 Å². The number of benzene rings is 3. The number of halogens is 1. The summed E-state index contributed by atoms with van der Waals surface area (Å²) in [6.07, 6.45) is 7.66. The number of nitrogens with zero attached hydrogens (tertiary/aromatic N) is 1. The molecule has 28 heavy (non-hydrogen) atoms. The number of carbonyl (C=O) groups is 1. The number of nitrogens with one attached hydrogen (secondary N) is 1. The molecule has 0 spiro atoms. The predicted octanol–water partition coefficient (Wildman–Crippen LogP) is 5.96. The Morgan fingerprint density at radius 3 is 1.75 bits per heavy atom. The lowest BCUT2D eigenvalue weighted by molar-refractivity contribution is 0.0955. The summed E-state index contributed by atoms with van der Waals surface area (Å²) in [4.78, 5) is 12.3. The highest BCUT2D eigenvalue weighted by atomic mass is 79.9. The van der Waals surface area contributed by atoms with Gasteiger partial charge < -0.3 is 0 Å². The van der Waals surface area contributed by atoms with Gasteiger partial charge in [0, 0.05) is 10.0 Å². The first-order valence-corrected chi connectivity index (χ1v) is 9.60. The zero-order valence-corrected chi connectivity index (χ0v) is 16.7. The Hall–Kier alpha value is -3.24. The SMILES string of the molecule is O=C(NN=C(/C=C/c1ccccc1)/C=C/c1ccccc1)c1ccc(Br)cc1. The van der Waals surface area contributed by atoms with Crippen molar-refractivity contribution >= 4 is 39.7 Å². The molecule has 0 atom stereocenters. The highest BCUT2D eigenvalue weighted by Crippen LogP contribution is 2.10. The lowest BCUT2D eigenvalue weighted by Gasteiger charge is -2.02.